The van der Waals surface area contributed by atoms with Crippen molar-refractivity contribution in [2.24, 2.45) is 0 Å². The molecule has 1 aromatic heterocycles. The number of hydrogen-bond acceptors (Lipinski definition) is 4. The van der Waals surface area contributed by atoms with Crippen molar-refractivity contribution < 1.29 is 9.66 Å². The summed E-state index contributed by atoms with van der Waals surface area (Å²) in [4.78, 5) is 11.7. The van der Waals surface area contributed by atoms with E-state index in [1.165, 1.54) is 10.9 Å². The lowest BCUT2D eigenvalue weighted by atomic mass is 10.2. The molecular formula is C13H12ClNO3S. The zero-order chi connectivity index (χ0) is 13.7. The van der Waals surface area contributed by atoms with Gasteiger partial charge in [0, 0.05) is 23.2 Å². The van der Waals surface area contributed by atoms with Gasteiger partial charge in [0.25, 0.3) is 0 Å². The van der Waals surface area contributed by atoms with Crippen LogP contribution in [0.15, 0.2) is 35.7 Å². The third-order valence-electron chi connectivity index (χ3n) is 2.56. The fraction of sp³-hybridized carbons (Fsp3) is 0.231. The Bertz CT molecular complexity index is 557. The van der Waals surface area contributed by atoms with E-state index in [1.807, 2.05) is 17.5 Å². The van der Waals surface area contributed by atoms with Crippen molar-refractivity contribution >= 4 is 28.6 Å². The highest BCUT2D eigenvalue weighted by Gasteiger charge is 2.15. The van der Waals surface area contributed by atoms with E-state index >= 15 is 0 Å². The molecule has 0 spiro atoms. The molecule has 0 amide bonds. The Morgan fingerprint density at radius 1 is 1.37 bits per heavy atom. The van der Waals surface area contributed by atoms with E-state index in [-0.39, 0.29) is 11.4 Å². The van der Waals surface area contributed by atoms with Crippen molar-refractivity contribution in [2.45, 2.75) is 12.3 Å². The SMILES string of the molecule is O=[N+]([O-])c1ccc(CCl)cc1OCCc1cccs1. The van der Waals surface area contributed by atoms with Crippen LogP contribution in [0.25, 0.3) is 0 Å². The fourth-order valence-electron chi connectivity index (χ4n) is 1.62. The molecule has 1 aromatic carbocycles. The summed E-state index contributed by atoms with van der Waals surface area (Å²) in [7, 11) is 0. The number of alkyl halides is 1. The summed E-state index contributed by atoms with van der Waals surface area (Å²) in [6.45, 7) is 0.410. The Labute approximate surface area is 119 Å². The van der Waals surface area contributed by atoms with Gasteiger partial charge < -0.3 is 4.74 Å². The third-order valence-corrected chi connectivity index (χ3v) is 3.81. The molecule has 4 nitrogen and oxygen atoms in total. The second kappa shape index (κ2) is 6.54. The van der Waals surface area contributed by atoms with E-state index in [2.05, 4.69) is 0 Å². The fourth-order valence-corrected chi connectivity index (χ4v) is 2.48. The summed E-state index contributed by atoms with van der Waals surface area (Å²) in [6, 6.07) is 8.67. The smallest absolute Gasteiger partial charge is 0.310 e. The lowest BCUT2D eigenvalue weighted by molar-refractivity contribution is -0.385. The van der Waals surface area contributed by atoms with Crippen molar-refractivity contribution in [3.05, 3.63) is 56.3 Å². The van der Waals surface area contributed by atoms with E-state index in [4.69, 9.17) is 16.3 Å². The Morgan fingerprint density at radius 2 is 2.21 bits per heavy atom. The van der Waals surface area contributed by atoms with Crippen molar-refractivity contribution in [1.29, 1.82) is 0 Å². The van der Waals surface area contributed by atoms with Crippen LogP contribution in [0.3, 0.4) is 0 Å². The first-order chi connectivity index (χ1) is 9.20. The zero-order valence-electron chi connectivity index (χ0n) is 10.0. The second-order valence-electron chi connectivity index (χ2n) is 3.87. The maximum atomic E-state index is 10.9. The van der Waals surface area contributed by atoms with Crippen LogP contribution in [-0.4, -0.2) is 11.5 Å². The minimum absolute atomic E-state index is 0.0277. The normalized spacial score (nSPS) is 10.4. The quantitative estimate of drug-likeness (QED) is 0.460. The summed E-state index contributed by atoms with van der Waals surface area (Å²) >= 11 is 7.36. The Kier molecular flexibility index (Phi) is 4.76. The molecule has 0 saturated carbocycles. The molecule has 2 rings (SSSR count). The molecule has 0 atom stereocenters. The van der Waals surface area contributed by atoms with Gasteiger partial charge >= 0.3 is 5.69 Å². The van der Waals surface area contributed by atoms with Crippen LogP contribution in [-0.2, 0) is 12.3 Å². The maximum Gasteiger partial charge on any atom is 0.310 e. The van der Waals surface area contributed by atoms with Gasteiger partial charge in [-0.3, -0.25) is 10.1 Å². The van der Waals surface area contributed by atoms with Gasteiger partial charge in [-0.05, 0) is 23.1 Å². The van der Waals surface area contributed by atoms with Crippen LogP contribution >= 0.6 is 22.9 Å². The lowest BCUT2D eigenvalue weighted by Gasteiger charge is -2.07. The van der Waals surface area contributed by atoms with Gasteiger partial charge in [-0.15, -0.1) is 22.9 Å². The van der Waals surface area contributed by atoms with E-state index in [9.17, 15) is 10.1 Å². The van der Waals surface area contributed by atoms with Gasteiger partial charge in [0.15, 0.2) is 5.75 Å². The van der Waals surface area contributed by atoms with Gasteiger partial charge in [-0.25, -0.2) is 0 Å². The van der Waals surface area contributed by atoms with Crippen LogP contribution in [0.1, 0.15) is 10.4 Å². The van der Waals surface area contributed by atoms with E-state index in [0.29, 0.717) is 12.5 Å². The molecule has 6 heteroatoms. The monoisotopic (exact) mass is 297 g/mol. The first kappa shape index (κ1) is 13.8. The molecule has 100 valence electrons. The van der Waals surface area contributed by atoms with Crippen molar-refractivity contribution in [3.63, 3.8) is 0 Å². The van der Waals surface area contributed by atoms with Crippen LogP contribution in [0.4, 0.5) is 5.69 Å². The number of thiophene rings is 1. The number of nitro benzene ring substituents is 1. The molecule has 0 aliphatic rings. The first-order valence-corrected chi connectivity index (χ1v) is 7.10. The largest absolute Gasteiger partial charge is 0.486 e. The van der Waals surface area contributed by atoms with Crippen molar-refractivity contribution in [2.75, 3.05) is 6.61 Å². The average Bonchev–Trinajstić information content (AvgIpc) is 2.91. The van der Waals surface area contributed by atoms with E-state index in [0.717, 1.165) is 12.0 Å². The minimum atomic E-state index is -0.446. The average molecular weight is 298 g/mol. The number of halogens is 1. The third kappa shape index (κ3) is 3.68. The van der Waals surface area contributed by atoms with Gasteiger partial charge in [0.1, 0.15) is 0 Å². The van der Waals surface area contributed by atoms with Crippen molar-refractivity contribution in [1.82, 2.24) is 0 Å². The van der Waals surface area contributed by atoms with E-state index in [1.54, 1.807) is 23.5 Å². The van der Waals surface area contributed by atoms with Gasteiger partial charge in [-0.1, -0.05) is 12.1 Å². The molecule has 2 aromatic rings. The van der Waals surface area contributed by atoms with Crippen LogP contribution in [0.5, 0.6) is 5.75 Å². The van der Waals surface area contributed by atoms with Crippen LogP contribution in [0, 0.1) is 10.1 Å². The van der Waals surface area contributed by atoms with Crippen molar-refractivity contribution in [3.8, 4) is 5.75 Å². The number of benzene rings is 1. The summed E-state index contributed by atoms with van der Waals surface area (Å²) in [5, 5.41) is 12.9. The number of rotatable bonds is 6. The summed E-state index contributed by atoms with van der Waals surface area (Å²) in [6.07, 6.45) is 0.736. The molecule has 0 aliphatic carbocycles. The van der Waals surface area contributed by atoms with Gasteiger partial charge in [0.2, 0.25) is 0 Å². The second-order valence-corrected chi connectivity index (χ2v) is 5.17. The van der Waals surface area contributed by atoms with E-state index < -0.39 is 4.92 Å². The predicted octanol–water partition coefficient (Wildman–Crippen LogP) is 4.02. The lowest BCUT2D eigenvalue weighted by Crippen LogP contribution is -2.03. The van der Waals surface area contributed by atoms with Gasteiger partial charge in [-0.2, -0.15) is 0 Å². The highest BCUT2D eigenvalue weighted by Crippen LogP contribution is 2.28. The molecular weight excluding hydrogens is 286 g/mol. The Hall–Kier alpha value is -1.59. The summed E-state index contributed by atoms with van der Waals surface area (Å²) in [5.74, 6) is 0.582. The standard InChI is InChI=1S/C13H12ClNO3S/c14-9-10-3-4-12(15(16)17)13(8-10)18-6-5-11-2-1-7-19-11/h1-4,7-8H,5-6,9H2. The summed E-state index contributed by atoms with van der Waals surface area (Å²) in [5.41, 5.74) is 0.776. The highest BCUT2D eigenvalue weighted by atomic mass is 35.5. The zero-order valence-corrected chi connectivity index (χ0v) is 11.6. The maximum absolute atomic E-state index is 10.9. The molecule has 1 heterocycles. The predicted molar refractivity (Wildman–Crippen MR) is 76.2 cm³/mol. The topological polar surface area (TPSA) is 52.4 Å². The Balaban J connectivity index is 2.06. The number of hydrogen-bond donors (Lipinski definition) is 0. The molecule has 0 N–H and O–H groups in total. The molecule has 0 unspecified atom stereocenters. The van der Waals surface area contributed by atoms with Gasteiger partial charge in [0.05, 0.1) is 11.5 Å². The number of nitro groups is 1. The number of nitrogens with zero attached hydrogens (tertiary/aromatic N) is 1. The number of ether oxygens (including phenoxy) is 1. The van der Waals surface area contributed by atoms with Crippen LogP contribution in [0.2, 0.25) is 0 Å². The molecule has 0 bridgehead atoms. The molecule has 19 heavy (non-hydrogen) atoms. The molecule has 0 saturated heterocycles. The molecule has 0 fully saturated rings. The minimum Gasteiger partial charge on any atom is -0.486 e. The summed E-state index contributed by atoms with van der Waals surface area (Å²) < 4.78 is 5.52. The highest BCUT2D eigenvalue weighted by molar-refractivity contribution is 7.09. The molecule has 0 aliphatic heterocycles. The Morgan fingerprint density at radius 3 is 2.84 bits per heavy atom. The van der Waals surface area contributed by atoms with Crippen LogP contribution < -0.4 is 4.74 Å². The first-order valence-electron chi connectivity index (χ1n) is 5.69. The molecule has 0 radical (unpaired) electrons.